The summed E-state index contributed by atoms with van der Waals surface area (Å²) in [4.78, 5) is 10.6. The van der Waals surface area contributed by atoms with E-state index in [2.05, 4.69) is 37.8 Å². The standard InChI is InChI=1S/C25H27NO3/c1-3-4-13-23-24(19(2)9-8-12-20-10-6-5-7-11-20)18-29-25(23)21-14-16-22(17-15-21)26(27)28/h5-11,14-17,25H,2-4,12-13,18H2,1H3/b9-8+. The molecule has 0 N–H and O–H groups in total. The van der Waals surface area contributed by atoms with Crippen molar-refractivity contribution >= 4 is 5.69 Å². The van der Waals surface area contributed by atoms with Crippen LogP contribution in [0.2, 0.25) is 0 Å². The molecule has 1 unspecified atom stereocenters. The lowest BCUT2D eigenvalue weighted by Crippen LogP contribution is -2.02. The summed E-state index contributed by atoms with van der Waals surface area (Å²) in [6, 6.07) is 17.0. The van der Waals surface area contributed by atoms with Gasteiger partial charge in [-0.05, 0) is 59.2 Å². The highest BCUT2D eigenvalue weighted by Gasteiger charge is 2.28. The first-order valence-electron chi connectivity index (χ1n) is 10.1. The van der Waals surface area contributed by atoms with Gasteiger partial charge >= 0.3 is 0 Å². The molecule has 2 aromatic rings. The molecule has 29 heavy (non-hydrogen) atoms. The summed E-state index contributed by atoms with van der Waals surface area (Å²) >= 11 is 0. The molecule has 1 atom stereocenters. The predicted molar refractivity (Wildman–Crippen MR) is 117 cm³/mol. The Kier molecular flexibility index (Phi) is 7.14. The molecule has 150 valence electrons. The highest BCUT2D eigenvalue weighted by Crippen LogP contribution is 2.40. The van der Waals surface area contributed by atoms with Crippen LogP contribution in [-0.2, 0) is 11.2 Å². The number of nitrogens with zero attached hydrogens (tertiary/aromatic N) is 1. The minimum absolute atomic E-state index is 0.0966. The third-order valence-electron chi connectivity index (χ3n) is 5.21. The summed E-state index contributed by atoms with van der Waals surface area (Å²) in [7, 11) is 0. The van der Waals surface area contributed by atoms with Crippen molar-refractivity contribution in [1.29, 1.82) is 0 Å². The van der Waals surface area contributed by atoms with Crippen LogP contribution in [0.5, 0.6) is 0 Å². The Labute approximate surface area is 172 Å². The molecule has 0 saturated carbocycles. The van der Waals surface area contributed by atoms with Crippen LogP contribution in [0, 0.1) is 10.1 Å². The molecule has 0 radical (unpaired) electrons. The number of nitro benzene ring substituents is 1. The fraction of sp³-hybridized carbons (Fsp3) is 0.280. The Morgan fingerprint density at radius 3 is 2.59 bits per heavy atom. The largest absolute Gasteiger partial charge is 0.364 e. The van der Waals surface area contributed by atoms with Crippen LogP contribution in [0.15, 0.2) is 90.0 Å². The van der Waals surface area contributed by atoms with Gasteiger partial charge in [0.05, 0.1) is 11.5 Å². The molecule has 2 aromatic carbocycles. The third kappa shape index (κ3) is 5.30. The molecule has 0 fully saturated rings. The van der Waals surface area contributed by atoms with Crippen LogP contribution < -0.4 is 0 Å². The van der Waals surface area contributed by atoms with Crippen molar-refractivity contribution in [3.8, 4) is 0 Å². The zero-order chi connectivity index (χ0) is 20.6. The smallest absolute Gasteiger partial charge is 0.269 e. The monoisotopic (exact) mass is 389 g/mol. The van der Waals surface area contributed by atoms with E-state index >= 15 is 0 Å². The highest BCUT2D eigenvalue weighted by atomic mass is 16.6. The Bertz CT molecular complexity index is 911. The first-order chi connectivity index (χ1) is 14.1. The van der Waals surface area contributed by atoms with Gasteiger partial charge in [0.15, 0.2) is 0 Å². The zero-order valence-electron chi connectivity index (χ0n) is 16.8. The van der Waals surface area contributed by atoms with Crippen molar-refractivity contribution in [3.05, 3.63) is 111 Å². The van der Waals surface area contributed by atoms with Crippen LogP contribution in [-0.4, -0.2) is 11.5 Å². The van der Waals surface area contributed by atoms with E-state index in [1.807, 2.05) is 18.2 Å². The highest BCUT2D eigenvalue weighted by molar-refractivity contribution is 5.47. The molecule has 0 spiro atoms. The predicted octanol–water partition coefficient (Wildman–Crippen LogP) is 6.51. The van der Waals surface area contributed by atoms with Gasteiger partial charge < -0.3 is 4.74 Å². The number of nitro groups is 1. The average Bonchev–Trinajstić information content (AvgIpc) is 3.17. The van der Waals surface area contributed by atoms with Crippen molar-refractivity contribution in [1.82, 2.24) is 0 Å². The number of non-ortho nitro benzene ring substituents is 1. The first-order valence-corrected chi connectivity index (χ1v) is 10.1. The second-order valence-electron chi connectivity index (χ2n) is 7.26. The summed E-state index contributed by atoms with van der Waals surface area (Å²) in [6.07, 6.45) is 8.05. The topological polar surface area (TPSA) is 52.4 Å². The van der Waals surface area contributed by atoms with E-state index in [-0.39, 0.29) is 16.7 Å². The van der Waals surface area contributed by atoms with E-state index < -0.39 is 0 Å². The Morgan fingerprint density at radius 1 is 1.21 bits per heavy atom. The molecular formula is C25H27NO3. The second kappa shape index (κ2) is 9.99. The van der Waals surface area contributed by atoms with E-state index in [1.54, 1.807) is 24.3 Å². The van der Waals surface area contributed by atoms with Crippen molar-refractivity contribution in [2.45, 2.75) is 38.7 Å². The molecule has 0 saturated heterocycles. The number of hydrogen-bond acceptors (Lipinski definition) is 3. The molecule has 0 aromatic heterocycles. The molecule has 4 nitrogen and oxygen atoms in total. The SMILES string of the molecule is C=C(/C=C/Cc1ccccc1)C1=C(CCCC)C(c2ccc([N+](=O)[O-])cc2)OC1. The lowest BCUT2D eigenvalue weighted by molar-refractivity contribution is -0.384. The summed E-state index contributed by atoms with van der Waals surface area (Å²) in [5.41, 5.74) is 5.71. The average molecular weight is 389 g/mol. The molecule has 0 amide bonds. The van der Waals surface area contributed by atoms with Gasteiger partial charge in [-0.15, -0.1) is 0 Å². The summed E-state index contributed by atoms with van der Waals surface area (Å²) < 4.78 is 6.11. The maximum atomic E-state index is 10.9. The maximum Gasteiger partial charge on any atom is 0.269 e. The first kappa shape index (κ1) is 20.7. The van der Waals surface area contributed by atoms with Crippen molar-refractivity contribution in [3.63, 3.8) is 0 Å². The van der Waals surface area contributed by atoms with Gasteiger partial charge in [-0.2, -0.15) is 0 Å². The third-order valence-corrected chi connectivity index (χ3v) is 5.21. The molecule has 1 aliphatic rings. The molecule has 4 heteroatoms. The van der Waals surface area contributed by atoms with E-state index in [0.717, 1.165) is 42.4 Å². The van der Waals surface area contributed by atoms with E-state index in [1.165, 1.54) is 11.1 Å². The van der Waals surface area contributed by atoms with Gasteiger partial charge in [0.1, 0.15) is 6.10 Å². The Hall–Kier alpha value is -2.98. The van der Waals surface area contributed by atoms with E-state index in [9.17, 15) is 10.1 Å². The van der Waals surface area contributed by atoms with Crippen molar-refractivity contribution in [2.24, 2.45) is 0 Å². The van der Waals surface area contributed by atoms with Gasteiger partial charge in [-0.3, -0.25) is 10.1 Å². The summed E-state index contributed by atoms with van der Waals surface area (Å²) in [5, 5.41) is 10.9. The second-order valence-corrected chi connectivity index (χ2v) is 7.26. The number of allylic oxidation sites excluding steroid dienone is 2. The van der Waals surface area contributed by atoms with Crippen LogP contribution in [0.4, 0.5) is 5.69 Å². The zero-order valence-corrected chi connectivity index (χ0v) is 16.8. The lowest BCUT2D eigenvalue weighted by Gasteiger charge is -2.15. The van der Waals surface area contributed by atoms with Crippen molar-refractivity contribution < 1.29 is 9.66 Å². The Morgan fingerprint density at radius 2 is 1.93 bits per heavy atom. The van der Waals surface area contributed by atoms with Crippen LogP contribution in [0.25, 0.3) is 0 Å². The van der Waals surface area contributed by atoms with E-state index in [0.29, 0.717) is 6.61 Å². The fourth-order valence-corrected chi connectivity index (χ4v) is 3.59. The summed E-state index contributed by atoms with van der Waals surface area (Å²) in [5.74, 6) is 0. The molecular weight excluding hydrogens is 362 g/mol. The van der Waals surface area contributed by atoms with E-state index in [4.69, 9.17) is 4.74 Å². The molecule has 0 bridgehead atoms. The Balaban J connectivity index is 1.79. The normalized spacial score (nSPS) is 16.5. The summed E-state index contributed by atoms with van der Waals surface area (Å²) in [6.45, 7) is 6.97. The van der Waals surface area contributed by atoms with Gasteiger partial charge in [-0.25, -0.2) is 0 Å². The minimum atomic E-state index is -0.377. The molecule has 3 rings (SSSR count). The van der Waals surface area contributed by atoms with Crippen LogP contribution in [0.1, 0.15) is 43.4 Å². The quantitative estimate of drug-likeness (QED) is 0.279. The maximum absolute atomic E-state index is 10.9. The van der Waals surface area contributed by atoms with Crippen LogP contribution in [0.3, 0.4) is 0 Å². The number of ether oxygens (including phenoxy) is 1. The van der Waals surface area contributed by atoms with Gasteiger partial charge in [0.25, 0.3) is 5.69 Å². The molecule has 1 heterocycles. The fourth-order valence-electron chi connectivity index (χ4n) is 3.59. The van der Waals surface area contributed by atoms with Gasteiger partial charge in [-0.1, -0.05) is 62.4 Å². The van der Waals surface area contributed by atoms with Crippen molar-refractivity contribution in [2.75, 3.05) is 6.61 Å². The molecule has 0 aliphatic carbocycles. The number of unbranched alkanes of at least 4 members (excludes halogenated alkanes) is 1. The number of rotatable bonds is 9. The molecule has 1 aliphatic heterocycles. The minimum Gasteiger partial charge on any atom is -0.364 e. The van der Waals surface area contributed by atoms with Crippen LogP contribution >= 0.6 is 0 Å². The number of benzene rings is 2. The van der Waals surface area contributed by atoms with Gasteiger partial charge in [0, 0.05) is 12.1 Å². The van der Waals surface area contributed by atoms with Gasteiger partial charge in [0.2, 0.25) is 0 Å². The lowest BCUT2D eigenvalue weighted by atomic mass is 9.92. The number of hydrogen-bond donors (Lipinski definition) is 0.